The van der Waals surface area contributed by atoms with Crippen LogP contribution >= 0.6 is 62.2 Å². The van der Waals surface area contributed by atoms with E-state index in [1.165, 1.54) is 23.1 Å². The zero-order valence-electron chi connectivity index (χ0n) is 12.6. The molecule has 0 bridgehead atoms. The summed E-state index contributed by atoms with van der Waals surface area (Å²) in [5.41, 5.74) is 2.53. The Morgan fingerprint density at radius 3 is 2.52 bits per heavy atom. The molecule has 8 heteroatoms. The number of benzene rings is 2. The molecule has 3 rings (SSSR count). The molecular formula is C17H11BrCl2N2OS2. The highest BCUT2D eigenvalue weighted by atomic mass is 79.9. The smallest absolute Gasteiger partial charge is 0.234 e. The first-order valence-electron chi connectivity index (χ1n) is 7.10. The standard InChI is InChI=1S/C17H11BrCl2N2OS2/c18-11-3-1-10(2-4-11)15-8-24-17(22-15)25-9-16(23)21-14-6-12(19)5-13(20)7-14/h1-8H,9H2,(H,21,23). The van der Waals surface area contributed by atoms with E-state index in [4.69, 9.17) is 23.2 Å². The fourth-order valence-electron chi connectivity index (χ4n) is 2.03. The van der Waals surface area contributed by atoms with Gasteiger partial charge in [0.05, 0.1) is 11.4 Å². The Balaban J connectivity index is 1.58. The van der Waals surface area contributed by atoms with E-state index in [0.717, 1.165) is 20.1 Å². The molecule has 0 aliphatic heterocycles. The number of nitrogens with zero attached hydrogens (tertiary/aromatic N) is 1. The maximum Gasteiger partial charge on any atom is 0.234 e. The molecule has 0 atom stereocenters. The number of hydrogen-bond acceptors (Lipinski definition) is 4. The lowest BCUT2D eigenvalue weighted by Crippen LogP contribution is -2.13. The van der Waals surface area contributed by atoms with E-state index in [0.29, 0.717) is 15.7 Å². The molecule has 0 saturated heterocycles. The number of amides is 1. The number of hydrogen-bond donors (Lipinski definition) is 1. The van der Waals surface area contributed by atoms with Gasteiger partial charge in [0.2, 0.25) is 5.91 Å². The van der Waals surface area contributed by atoms with Crippen molar-refractivity contribution in [2.45, 2.75) is 4.34 Å². The highest BCUT2D eigenvalue weighted by molar-refractivity contribution is 9.10. The van der Waals surface area contributed by atoms with Crippen molar-refractivity contribution in [1.29, 1.82) is 0 Å². The zero-order valence-corrected chi connectivity index (χ0v) is 17.4. The third-order valence-electron chi connectivity index (χ3n) is 3.10. The van der Waals surface area contributed by atoms with Crippen molar-refractivity contribution in [2.24, 2.45) is 0 Å². The number of halogens is 3. The lowest BCUT2D eigenvalue weighted by Gasteiger charge is -2.05. The summed E-state index contributed by atoms with van der Waals surface area (Å²) in [7, 11) is 0. The van der Waals surface area contributed by atoms with Crippen LogP contribution in [-0.4, -0.2) is 16.6 Å². The first-order valence-corrected chi connectivity index (χ1v) is 10.5. The van der Waals surface area contributed by atoms with Gasteiger partial charge >= 0.3 is 0 Å². The summed E-state index contributed by atoms with van der Waals surface area (Å²) in [6.07, 6.45) is 0. The highest BCUT2D eigenvalue weighted by Gasteiger charge is 2.09. The molecule has 1 amide bonds. The molecule has 3 nitrogen and oxygen atoms in total. The van der Waals surface area contributed by atoms with Gasteiger partial charge < -0.3 is 5.32 Å². The van der Waals surface area contributed by atoms with Gasteiger partial charge in [0.25, 0.3) is 0 Å². The van der Waals surface area contributed by atoms with E-state index in [-0.39, 0.29) is 11.7 Å². The number of nitrogens with one attached hydrogen (secondary N) is 1. The maximum absolute atomic E-state index is 12.1. The Morgan fingerprint density at radius 1 is 1.16 bits per heavy atom. The highest BCUT2D eigenvalue weighted by Crippen LogP contribution is 2.29. The van der Waals surface area contributed by atoms with Crippen molar-refractivity contribution in [3.8, 4) is 11.3 Å². The Morgan fingerprint density at radius 2 is 1.84 bits per heavy atom. The number of carbonyl (C=O) groups excluding carboxylic acids is 1. The van der Waals surface area contributed by atoms with Gasteiger partial charge in [0, 0.05) is 31.1 Å². The van der Waals surface area contributed by atoms with Crippen molar-refractivity contribution in [2.75, 3.05) is 11.1 Å². The summed E-state index contributed by atoms with van der Waals surface area (Å²) < 4.78 is 1.87. The van der Waals surface area contributed by atoms with Crippen LogP contribution < -0.4 is 5.32 Å². The average Bonchev–Trinajstić information content (AvgIpc) is 3.01. The second-order valence-corrected chi connectivity index (χ2v) is 8.87. The second-order valence-electron chi connectivity index (χ2n) is 5.00. The summed E-state index contributed by atoms with van der Waals surface area (Å²) in [4.78, 5) is 16.6. The van der Waals surface area contributed by atoms with E-state index in [1.54, 1.807) is 18.2 Å². The number of thioether (sulfide) groups is 1. The zero-order chi connectivity index (χ0) is 17.8. The number of anilines is 1. The quantitative estimate of drug-likeness (QED) is 0.424. The molecule has 0 saturated carbocycles. The topological polar surface area (TPSA) is 42.0 Å². The van der Waals surface area contributed by atoms with Crippen LogP contribution in [0, 0.1) is 0 Å². The van der Waals surface area contributed by atoms with Gasteiger partial charge in [-0.25, -0.2) is 4.98 Å². The monoisotopic (exact) mass is 472 g/mol. The molecule has 1 aromatic heterocycles. The van der Waals surface area contributed by atoms with Crippen LogP contribution in [0.1, 0.15) is 0 Å². The van der Waals surface area contributed by atoms with Crippen LogP contribution in [0.15, 0.2) is 56.7 Å². The van der Waals surface area contributed by atoms with Gasteiger partial charge in [-0.05, 0) is 30.3 Å². The minimum atomic E-state index is -0.135. The summed E-state index contributed by atoms with van der Waals surface area (Å²) in [5.74, 6) is 0.126. The van der Waals surface area contributed by atoms with E-state index in [2.05, 4.69) is 26.2 Å². The van der Waals surface area contributed by atoms with Crippen molar-refractivity contribution >= 4 is 73.8 Å². The van der Waals surface area contributed by atoms with Gasteiger partial charge in [0.15, 0.2) is 4.34 Å². The Bertz CT molecular complexity index is 880. The first kappa shape index (κ1) is 18.7. The van der Waals surface area contributed by atoms with Gasteiger partial charge in [0.1, 0.15) is 0 Å². The number of aromatic nitrogens is 1. The van der Waals surface area contributed by atoms with Crippen LogP contribution in [0.2, 0.25) is 10.0 Å². The van der Waals surface area contributed by atoms with Crippen molar-refractivity contribution in [3.63, 3.8) is 0 Å². The van der Waals surface area contributed by atoms with Crippen LogP contribution in [0.25, 0.3) is 11.3 Å². The summed E-state index contributed by atoms with van der Waals surface area (Å²) >= 11 is 18.2. The van der Waals surface area contributed by atoms with Crippen LogP contribution in [-0.2, 0) is 4.79 Å². The molecule has 2 aromatic carbocycles. The van der Waals surface area contributed by atoms with Crippen molar-refractivity contribution in [3.05, 3.63) is 62.4 Å². The summed E-state index contributed by atoms with van der Waals surface area (Å²) in [5, 5.41) is 5.73. The first-order chi connectivity index (χ1) is 12.0. The Labute approximate surface area is 171 Å². The average molecular weight is 474 g/mol. The van der Waals surface area contributed by atoms with Gasteiger partial charge in [-0.2, -0.15) is 0 Å². The largest absolute Gasteiger partial charge is 0.325 e. The van der Waals surface area contributed by atoms with Crippen LogP contribution in [0.4, 0.5) is 5.69 Å². The van der Waals surface area contributed by atoms with Gasteiger partial charge in [-0.1, -0.05) is 63.0 Å². The van der Waals surface area contributed by atoms with Gasteiger partial charge in [-0.15, -0.1) is 11.3 Å². The maximum atomic E-state index is 12.1. The molecule has 1 heterocycles. The molecule has 0 fully saturated rings. The van der Waals surface area contributed by atoms with E-state index >= 15 is 0 Å². The summed E-state index contributed by atoms with van der Waals surface area (Å²) in [6.45, 7) is 0. The predicted octanol–water partition coefficient (Wildman–Crippen LogP) is 6.61. The SMILES string of the molecule is O=C(CSc1nc(-c2ccc(Br)cc2)cs1)Nc1cc(Cl)cc(Cl)c1. The Hall–Kier alpha value is -1.05. The third kappa shape index (κ3) is 5.46. The Kier molecular flexibility index (Phi) is 6.41. The van der Waals surface area contributed by atoms with Crippen molar-refractivity contribution in [1.82, 2.24) is 4.98 Å². The van der Waals surface area contributed by atoms with Gasteiger partial charge in [-0.3, -0.25) is 4.79 Å². The predicted molar refractivity (Wildman–Crippen MR) is 111 cm³/mol. The molecule has 25 heavy (non-hydrogen) atoms. The molecule has 1 N–H and O–H groups in total. The summed E-state index contributed by atoms with van der Waals surface area (Å²) in [6, 6.07) is 12.9. The normalized spacial score (nSPS) is 10.7. The fraction of sp³-hybridized carbons (Fsp3) is 0.0588. The molecule has 0 spiro atoms. The third-order valence-corrected chi connectivity index (χ3v) is 6.08. The molecule has 128 valence electrons. The minimum Gasteiger partial charge on any atom is -0.325 e. The number of rotatable bonds is 5. The second kappa shape index (κ2) is 8.56. The molecule has 0 radical (unpaired) electrons. The lowest BCUT2D eigenvalue weighted by atomic mass is 10.2. The number of carbonyl (C=O) groups is 1. The molecule has 3 aromatic rings. The van der Waals surface area contributed by atoms with Crippen molar-refractivity contribution < 1.29 is 4.79 Å². The van der Waals surface area contributed by atoms with Crippen LogP contribution in [0.3, 0.4) is 0 Å². The molecule has 0 aliphatic carbocycles. The fourth-order valence-corrected chi connectivity index (χ4v) is 4.45. The molecule has 0 aliphatic rings. The number of thiazole rings is 1. The van der Waals surface area contributed by atoms with E-state index in [1.807, 2.05) is 29.6 Å². The lowest BCUT2D eigenvalue weighted by molar-refractivity contribution is -0.113. The van der Waals surface area contributed by atoms with E-state index in [9.17, 15) is 4.79 Å². The minimum absolute atomic E-state index is 0.135. The van der Waals surface area contributed by atoms with Crippen LogP contribution in [0.5, 0.6) is 0 Å². The van der Waals surface area contributed by atoms with E-state index < -0.39 is 0 Å². The molecular weight excluding hydrogens is 463 g/mol. The molecule has 0 unspecified atom stereocenters.